The maximum absolute atomic E-state index is 10.8. The molecule has 0 fully saturated rings. The molecule has 0 aliphatic carbocycles. The van der Waals surface area contributed by atoms with Crippen LogP contribution in [0.25, 0.3) is 0 Å². The summed E-state index contributed by atoms with van der Waals surface area (Å²) in [5.74, 6) is -0.540. The molecule has 0 amide bonds. The highest BCUT2D eigenvalue weighted by molar-refractivity contribution is 5.76. The van der Waals surface area contributed by atoms with E-state index in [1.54, 1.807) is 13.8 Å². The number of esters is 1. The summed E-state index contributed by atoms with van der Waals surface area (Å²) < 4.78 is 4.60. The fraction of sp³-hybridized carbons (Fsp3) is 0.857. The molecular formula is C7H15NO3. The summed E-state index contributed by atoms with van der Waals surface area (Å²) in [5.41, 5.74) is 5.33. The Bertz CT molecular complexity index is 127. The standard InChI is InChI=1S/C7H15NO3/c1-3-5(9)6(8)7(10)11-4-2/h5-6,9H,3-4,8H2,1-2H3/t5-,6+/m0/s1. The fourth-order valence-corrected chi connectivity index (χ4v) is 0.650. The van der Waals surface area contributed by atoms with Gasteiger partial charge in [0.05, 0.1) is 12.7 Å². The monoisotopic (exact) mass is 161 g/mol. The molecule has 66 valence electrons. The molecule has 0 spiro atoms. The van der Waals surface area contributed by atoms with Crippen molar-refractivity contribution >= 4 is 5.97 Å². The van der Waals surface area contributed by atoms with E-state index in [1.165, 1.54) is 0 Å². The Kier molecular flexibility index (Phi) is 4.81. The zero-order chi connectivity index (χ0) is 8.85. The summed E-state index contributed by atoms with van der Waals surface area (Å²) in [7, 11) is 0. The second-order valence-electron chi connectivity index (χ2n) is 2.25. The van der Waals surface area contributed by atoms with Gasteiger partial charge in [-0.25, -0.2) is 0 Å². The maximum atomic E-state index is 10.8. The van der Waals surface area contributed by atoms with Crippen LogP contribution in [0.1, 0.15) is 20.3 Å². The fourth-order valence-electron chi connectivity index (χ4n) is 0.650. The number of hydrogen-bond donors (Lipinski definition) is 2. The molecule has 0 aliphatic heterocycles. The van der Waals surface area contributed by atoms with E-state index in [9.17, 15) is 4.79 Å². The van der Waals surface area contributed by atoms with Crippen molar-refractivity contribution in [2.45, 2.75) is 32.4 Å². The van der Waals surface area contributed by atoms with Gasteiger partial charge in [-0.2, -0.15) is 0 Å². The molecular weight excluding hydrogens is 146 g/mol. The van der Waals surface area contributed by atoms with Crippen LogP contribution in [-0.4, -0.2) is 29.8 Å². The summed E-state index contributed by atoms with van der Waals surface area (Å²) in [6.45, 7) is 3.75. The molecule has 0 aromatic rings. The molecule has 0 saturated carbocycles. The van der Waals surface area contributed by atoms with Crippen LogP contribution in [0.3, 0.4) is 0 Å². The Morgan fingerprint density at radius 1 is 1.64 bits per heavy atom. The van der Waals surface area contributed by atoms with E-state index in [1.807, 2.05) is 0 Å². The van der Waals surface area contributed by atoms with Crippen LogP contribution in [0.4, 0.5) is 0 Å². The van der Waals surface area contributed by atoms with Crippen molar-refractivity contribution < 1.29 is 14.6 Å². The average Bonchev–Trinajstić information content (AvgIpc) is 2.02. The van der Waals surface area contributed by atoms with Crippen molar-refractivity contribution in [1.29, 1.82) is 0 Å². The minimum atomic E-state index is -0.903. The maximum Gasteiger partial charge on any atom is 0.325 e. The lowest BCUT2D eigenvalue weighted by Gasteiger charge is -2.14. The Labute approximate surface area is 66.3 Å². The first-order valence-corrected chi connectivity index (χ1v) is 3.73. The normalized spacial score (nSPS) is 15.6. The van der Waals surface area contributed by atoms with Crippen molar-refractivity contribution in [2.75, 3.05) is 6.61 Å². The van der Waals surface area contributed by atoms with Gasteiger partial charge in [-0.1, -0.05) is 6.92 Å². The highest BCUT2D eigenvalue weighted by Crippen LogP contribution is 1.97. The number of ether oxygens (including phenoxy) is 1. The Morgan fingerprint density at radius 3 is 2.55 bits per heavy atom. The minimum Gasteiger partial charge on any atom is -0.465 e. The Balaban J connectivity index is 3.80. The lowest BCUT2D eigenvalue weighted by molar-refractivity contribution is -0.147. The lowest BCUT2D eigenvalue weighted by atomic mass is 10.1. The molecule has 0 bridgehead atoms. The Hall–Kier alpha value is -0.610. The summed E-state index contributed by atoms with van der Waals surface area (Å²) in [6, 6.07) is -0.903. The van der Waals surface area contributed by atoms with E-state index in [0.717, 1.165) is 0 Å². The van der Waals surface area contributed by atoms with Crippen LogP contribution in [0, 0.1) is 0 Å². The van der Waals surface area contributed by atoms with E-state index in [0.29, 0.717) is 13.0 Å². The number of rotatable bonds is 4. The molecule has 0 aliphatic rings. The van der Waals surface area contributed by atoms with Gasteiger partial charge < -0.3 is 15.6 Å². The van der Waals surface area contributed by atoms with Crippen LogP contribution >= 0.6 is 0 Å². The second-order valence-corrected chi connectivity index (χ2v) is 2.25. The van der Waals surface area contributed by atoms with Crippen LogP contribution in [0.2, 0.25) is 0 Å². The van der Waals surface area contributed by atoms with Gasteiger partial charge in [0.1, 0.15) is 6.04 Å². The highest BCUT2D eigenvalue weighted by atomic mass is 16.5. The number of hydrogen-bond acceptors (Lipinski definition) is 4. The molecule has 4 nitrogen and oxygen atoms in total. The molecule has 0 aromatic carbocycles. The minimum absolute atomic E-state index is 0.295. The first kappa shape index (κ1) is 10.4. The molecule has 0 heterocycles. The molecule has 0 unspecified atom stereocenters. The van der Waals surface area contributed by atoms with E-state index < -0.39 is 18.1 Å². The van der Waals surface area contributed by atoms with Gasteiger partial charge in [-0.05, 0) is 13.3 Å². The third kappa shape index (κ3) is 3.34. The van der Waals surface area contributed by atoms with Crippen molar-refractivity contribution in [1.82, 2.24) is 0 Å². The van der Waals surface area contributed by atoms with Crippen LogP contribution in [0.5, 0.6) is 0 Å². The van der Waals surface area contributed by atoms with Crippen LogP contribution in [0.15, 0.2) is 0 Å². The number of carbonyl (C=O) groups excluding carboxylic acids is 1. The summed E-state index contributed by atoms with van der Waals surface area (Å²) in [4.78, 5) is 10.8. The first-order valence-electron chi connectivity index (χ1n) is 3.73. The van der Waals surface area contributed by atoms with Gasteiger partial charge in [0, 0.05) is 0 Å². The molecule has 0 saturated heterocycles. The third-order valence-electron chi connectivity index (χ3n) is 1.39. The zero-order valence-electron chi connectivity index (χ0n) is 6.91. The van der Waals surface area contributed by atoms with Crippen LogP contribution in [-0.2, 0) is 9.53 Å². The van der Waals surface area contributed by atoms with Gasteiger partial charge in [0.25, 0.3) is 0 Å². The lowest BCUT2D eigenvalue weighted by Crippen LogP contribution is -2.42. The molecule has 11 heavy (non-hydrogen) atoms. The topological polar surface area (TPSA) is 72.5 Å². The summed E-state index contributed by atoms with van der Waals surface area (Å²) >= 11 is 0. The van der Waals surface area contributed by atoms with E-state index in [4.69, 9.17) is 10.8 Å². The molecule has 0 rings (SSSR count). The molecule has 0 aromatic heterocycles. The summed E-state index contributed by atoms with van der Waals surface area (Å²) in [6.07, 6.45) is -0.339. The average molecular weight is 161 g/mol. The number of nitrogens with two attached hydrogens (primary N) is 1. The third-order valence-corrected chi connectivity index (χ3v) is 1.39. The van der Waals surface area contributed by atoms with Gasteiger partial charge in [-0.15, -0.1) is 0 Å². The molecule has 3 N–H and O–H groups in total. The van der Waals surface area contributed by atoms with Crippen molar-refractivity contribution in [2.24, 2.45) is 5.73 Å². The largest absolute Gasteiger partial charge is 0.465 e. The quantitative estimate of drug-likeness (QED) is 0.553. The molecule has 4 heteroatoms. The van der Waals surface area contributed by atoms with Gasteiger partial charge in [0.2, 0.25) is 0 Å². The first-order chi connectivity index (χ1) is 5.13. The van der Waals surface area contributed by atoms with Gasteiger partial charge in [0.15, 0.2) is 0 Å². The number of carbonyl (C=O) groups is 1. The zero-order valence-corrected chi connectivity index (χ0v) is 6.91. The van der Waals surface area contributed by atoms with Crippen molar-refractivity contribution in [3.8, 4) is 0 Å². The predicted molar refractivity (Wildman–Crippen MR) is 40.9 cm³/mol. The van der Waals surface area contributed by atoms with Crippen molar-refractivity contribution in [3.05, 3.63) is 0 Å². The van der Waals surface area contributed by atoms with E-state index >= 15 is 0 Å². The predicted octanol–water partition coefficient (Wildman–Crippen LogP) is -0.352. The molecule has 0 radical (unpaired) electrons. The van der Waals surface area contributed by atoms with Gasteiger partial charge in [-0.3, -0.25) is 4.79 Å². The Morgan fingerprint density at radius 2 is 2.18 bits per heavy atom. The SMILES string of the molecule is CCOC(=O)[C@H](N)[C@@H](O)CC. The summed E-state index contributed by atoms with van der Waals surface area (Å²) in [5, 5.41) is 9.10. The number of aliphatic hydroxyl groups is 1. The smallest absolute Gasteiger partial charge is 0.325 e. The van der Waals surface area contributed by atoms with Crippen molar-refractivity contribution in [3.63, 3.8) is 0 Å². The second kappa shape index (κ2) is 5.09. The van der Waals surface area contributed by atoms with E-state index in [-0.39, 0.29) is 0 Å². The highest BCUT2D eigenvalue weighted by Gasteiger charge is 2.21. The van der Waals surface area contributed by atoms with Crippen LogP contribution < -0.4 is 5.73 Å². The van der Waals surface area contributed by atoms with Gasteiger partial charge >= 0.3 is 5.97 Å². The molecule has 2 atom stereocenters. The number of aliphatic hydroxyl groups excluding tert-OH is 1. The van der Waals surface area contributed by atoms with E-state index in [2.05, 4.69) is 4.74 Å².